The summed E-state index contributed by atoms with van der Waals surface area (Å²) >= 11 is 0. The summed E-state index contributed by atoms with van der Waals surface area (Å²) < 4.78 is 13.1. The summed E-state index contributed by atoms with van der Waals surface area (Å²) in [6.45, 7) is 6.64. The van der Waals surface area contributed by atoms with E-state index in [0.717, 1.165) is 62.3 Å². The number of nitrogens with zero attached hydrogens (tertiary/aromatic N) is 2. The van der Waals surface area contributed by atoms with Gasteiger partial charge in [0.2, 0.25) is 0 Å². The highest BCUT2D eigenvalue weighted by Crippen LogP contribution is 2.40. The number of halogens is 1. The van der Waals surface area contributed by atoms with Crippen LogP contribution < -0.4 is 0 Å². The van der Waals surface area contributed by atoms with Gasteiger partial charge in [-0.1, -0.05) is 30.3 Å². The summed E-state index contributed by atoms with van der Waals surface area (Å²) in [6, 6.07) is 14.7. The minimum atomic E-state index is -0.185. The van der Waals surface area contributed by atoms with Gasteiger partial charge in [0.1, 0.15) is 5.82 Å². The molecule has 0 N–H and O–H groups in total. The number of benzene rings is 2. The van der Waals surface area contributed by atoms with Crippen LogP contribution in [0.25, 0.3) is 0 Å². The lowest BCUT2D eigenvalue weighted by Crippen LogP contribution is -2.45. The van der Waals surface area contributed by atoms with Crippen LogP contribution >= 0.6 is 0 Å². The number of rotatable bonds is 3. The Morgan fingerprint density at radius 1 is 1.04 bits per heavy atom. The number of likely N-dealkylation sites (tertiary alicyclic amines) is 2. The standard InChI is InChI=1S/C23H27FN2O/c1-18-5-2-3-6-21(18)22(27)26-14-12-23(17-26)11-4-13-25(16-23)15-19-7-9-20(24)10-8-19/h2-3,5-10H,4,11-17H2,1H3. The molecule has 4 heteroatoms. The molecule has 0 saturated carbocycles. The van der Waals surface area contributed by atoms with Crippen molar-refractivity contribution in [1.82, 2.24) is 9.80 Å². The lowest BCUT2D eigenvalue weighted by Gasteiger charge is -2.40. The quantitative estimate of drug-likeness (QED) is 0.810. The Kier molecular flexibility index (Phi) is 5.00. The fourth-order valence-corrected chi connectivity index (χ4v) is 4.72. The van der Waals surface area contributed by atoms with E-state index in [1.807, 2.05) is 48.2 Å². The minimum absolute atomic E-state index is 0.167. The van der Waals surface area contributed by atoms with Crippen molar-refractivity contribution in [2.75, 3.05) is 26.2 Å². The number of hydrogen-bond donors (Lipinski definition) is 0. The van der Waals surface area contributed by atoms with E-state index in [2.05, 4.69) is 4.90 Å². The highest BCUT2D eigenvalue weighted by atomic mass is 19.1. The van der Waals surface area contributed by atoms with Gasteiger partial charge in [0.15, 0.2) is 0 Å². The first-order valence-electron chi connectivity index (χ1n) is 9.86. The summed E-state index contributed by atoms with van der Waals surface area (Å²) in [6.07, 6.45) is 3.42. The largest absolute Gasteiger partial charge is 0.338 e. The van der Waals surface area contributed by atoms with Gasteiger partial charge in [-0.15, -0.1) is 0 Å². The Morgan fingerprint density at radius 2 is 1.81 bits per heavy atom. The van der Waals surface area contributed by atoms with Gasteiger partial charge in [-0.25, -0.2) is 4.39 Å². The molecule has 2 aromatic rings. The Bertz CT molecular complexity index is 819. The number of hydrogen-bond acceptors (Lipinski definition) is 2. The highest BCUT2D eigenvalue weighted by Gasteiger charge is 2.42. The predicted octanol–water partition coefficient (Wildman–Crippen LogP) is 4.26. The van der Waals surface area contributed by atoms with Gasteiger partial charge >= 0.3 is 0 Å². The van der Waals surface area contributed by atoms with E-state index < -0.39 is 0 Å². The first-order valence-corrected chi connectivity index (χ1v) is 9.86. The number of aryl methyl sites for hydroxylation is 1. The maximum Gasteiger partial charge on any atom is 0.254 e. The van der Waals surface area contributed by atoms with Crippen LogP contribution in [0, 0.1) is 18.2 Å². The Hall–Kier alpha value is -2.20. The first kappa shape index (κ1) is 18.2. The zero-order valence-electron chi connectivity index (χ0n) is 16.0. The predicted molar refractivity (Wildman–Crippen MR) is 105 cm³/mol. The molecule has 0 bridgehead atoms. The van der Waals surface area contributed by atoms with Crippen LogP contribution in [-0.2, 0) is 6.54 Å². The van der Waals surface area contributed by atoms with Gasteiger partial charge in [-0.05, 0) is 62.1 Å². The number of amides is 1. The average Bonchev–Trinajstić information content (AvgIpc) is 3.07. The normalized spacial score (nSPS) is 23.1. The molecule has 0 radical (unpaired) electrons. The third kappa shape index (κ3) is 3.91. The fourth-order valence-electron chi connectivity index (χ4n) is 4.72. The second kappa shape index (κ2) is 7.43. The third-order valence-corrected chi connectivity index (χ3v) is 6.16. The summed E-state index contributed by atoms with van der Waals surface area (Å²) in [5.41, 5.74) is 3.23. The van der Waals surface area contributed by atoms with E-state index in [1.54, 1.807) is 0 Å². The molecule has 1 amide bonds. The smallest absolute Gasteiger partial charge is 0.254 e. The van der Waals surface area contributed by atoms with Crippen LogP contribution in [-0.4, -0.2) is 41.9 Å². The van der Waals surface area contributed by atoms with Crippen molar-refractivity contribution in [3.63, 3.8) is 0 Å². The minimum Gasteiger partial charge on any atom is -0.338 e. The SMILES string of the molecule is Cc1ccccc1C(=O)N1CCC2(CCCN(Cc3ccc(F)cc3)C2)C1. The summed E-state index contributed by atoms with van der Waals surface area (Å²) in [7, 11) is 0. The second-order valence-electron chi connectivity index (χ2n) is 8.23. The zero-order valence-corrected chi connectivity index (χ0v) is 16.0. The van der Waals surface area contributed by atoms with Gasteiger partial charge in [-0.3, -0.25) is 9.69 Å². The number of carbonyl (C=O) groups is 1. The maximum absolute atomic E-state index is 13.1. The van der Waals surface area contributed by atoms with Crippen LogP contribution in [0.1, 0.15) is 40.7 Å². The average molecular weight is 366 g/mol. The van der Waals surface area contributed by atoms with Crippen molar-refractivity contribution in [1.29, 1.82) is 0 Å². The van der Waals surface area contributed by atoms with Gasteiger partial charge in [-0.2, -0.15) is 0 Å². The lowest BCUT2D eigenvalue weighted by molar-refractivity contribution is 0.0675. The highest BCUT2D eigenvalue weighted by molar-refractivity contribution is 5.95. The van der Waals surface area contributed by atoms with Gasteiger partial charge in [0, 0.05) is 37.2 Å². The van der Waals surface area contributed by atoms with E-state index >= 15 is 0 Å². The van der Waals surface area contributed by atoms with Crippen LogP contribution in [0.15, 0.2) is 48.5 Å². The van der Waals surface area contributed by atoms with Gasteiger partial charge in [0.05, 0.1) is 0 Å². The molecule has 2 saturated heterocycles. The molecule has 2 aliphatic rings. The molecule has 2 heterocycles. The van der Waals surface area contributed by atoms with E-state index in [1.165, 1.54) is 18.6 Å². The number of carbonyl (C=O) groups excluding carboxylic acids is 1. The molecule has 0 aromatic heterocycles. The van der Waals surface area contributed by atoms with Crippen molar-refractivity contribution in [2.24, 2.45) is 5.41 Å². The lowest BCUT2D eigenvalue weighted by atomic mass is 9.79. The fraction of sp³-hybridized carbons (Fsp3) is 0.435. The van der Waals surface area contributed by atoms with E-state index in [9.17, 15) is 9.18 Å². The van der Waals surface area contributed by atoms with E-state index in [0.29, 0.717) is 0 Å². The molecule has 27 heavy (non-hydrogen) atoms. The molecule has 0 aliphatic carbocycles. The van der Waals surface area contributed by atoms with Crippen molar-refractivity contribution in [3.05, 3.63) is 71.0 Å². The zero-order chi connectivity index (χ0) is 18.9. The maximum atomic E-state index is 13.1. The monoisotopic (exact) mass is 366 g/mol. The third-order valence-electron chi connectivity index (χ3n) is 6.16. The molecule has 1 unspecified atom stereocenters. The molecule has 2 aliphatic heterocycles. The Balaban J connectivity index is 1.42. The van der Waals surface area contributed by atoms with Crippen molar-refractivity contribution < 1.29 is 9.18 Å². The van der Waals surface area contributed by atoms with Crippen molar-refractivity contribution in [3.8, 4) is 0 Å². The van der Waals surface area contributed by atoms with Crippen molar-refractivity contribution >= 4 is 5.91 Å². The van der Waals surface area contributed by atoms with Crippen molar-refractivity contribution in [2.45, 2.75) is 32.7 Å². The molecule has 2 aromatic carbocycles. The topological polar surface area (TPSA) is 23.6 Å². The second-order valence-corrected chi connectivity index (χ2v) is 8.23. The molecule has 2 fully saturated rings. The van der Waals surface area contributed by atoms with Gasteiger partial charge < -0.3 is 4.90 Å². The molecule has 4 rings (SSSR count). The van der Waals surface area contributed by atoms with E-state index in [-0.39, 0.29) is 17.1 Å². The molecular weight excluding hydrogens is 339 g/mol. The Morgan fingerprint density at radius 3 is 2.59 bits per heavy atom. The van der Waals surface area contributed by atoms with Crippen LogP contribution in [0.2, 0.25) is 0 Å². The molecule has 142 valence electrons. The summed E-state index contributed by atoms with van der Waals surface area (Å²) in [4.78, 5) is 17.5. The van der Waals surface area contributed by atoms with Gasteiger partial charge in [0.25, 0.3) is 5.91 Å². The summed E-state index contributed by atoms with van der Waals surface area (Å²) in [5.74, 6) is -0.0179. The molecule has 1 spiro atoms. The molecule has 1 atom stereocenters. The first-order chi connectivity index (χ1) is 13.0. The summed E-state index contributed by atoms with van der Waals surface area (Å²) in [5, 5.41) is 0. The van der Waals surface area contributed by atoms with Crippen LogP contribution in [0.5, 0.6) is 0 Å². The van der Waals surface area contributed by atoms with Crippen LogP contribution in [0.4, 0.5) is 4.39 Å². The molecular formula is C23H27FN2O. The van der Waals surface area contributed by atoms with Crippen LogP contribution in [0.3, 0.4) is 0 Å². The molecule has 3 nitrogen and oxygen atoms in total. The Labute approximate surface area is 160 Å². The number of piperidine rings is 1. The van der Waals surface area contributed by atoms with E-state index in [4.69, 9.17) is 0 Å².